The van der Waals surface area contributed by atoms with Crippen LogP contribution in [0.5, 0.6) is 0 Å². The number of aliphatic hydroxyl groups excluding tert-OH is 2. The number of rotatable bonds is 5. The summed E-state index contributed by atoms with van der Waals surface area (Å²) in [5, 5.41) is 20.4. The minimum absolute atomic E-state index is 0.0350. The number of para-hydroxylation sites is 1. The van der Waals surface area contributed by atoms with E-state index in [1.165, 1.54) is 6.07 Å². The van der Waals surface area contributed by atoms with Crippen molar-refractivity contribution >= 4 is 5.69 Å². The van der Waals surface area contributed by atoms with Crippen LogP contribution in [0.2, 0.25) is 0 Å². The fraction of sp³-hybridized carbons (Fsp3) is 0.400. The second-order valence-corrected chi connectivity index (χ2v) is 3.02. The molecule has 0 amide bonds. The van der Waals surface area contributed by atoms with E-state index in [0.29, 0.717) is 12.1 Å². The average molecular weight is 199 g/mol. The summed E-state index contributed by atoms with van der Waals surface area (Å²) in [4.78, 5) is 0. The molecular weight excluding hydrogens is 185 g/mol. The fourth-order valence-corrected chi connectivity index (χ4v) is 1.16. The summed E-state index contributed by atoms with van der Waals surface area (Å²) in [6.07, 6.45) is 0.394. The lowest BCUT2D eigenvalue weighted by molar-refractivity contribution is 0.228. The number of nitrogens with one attached hydrogen (secondary N) is 1. The van der Waals surface area contributed by atoms with Crippen molar-refractivity contribution < 1.29 is 14.6 Å². The Morgan fingerprint density at radius 2 is 2.00 bits per heavy atom. The first-order valence-corrected chi connectivity index (χ1v) is 4.50. The molecule has 0 heterocycles. The maximum absolute atomic E-state index is 13.1. The summed E-state index contributed by atoms with van der Waals surface area (Å²) in [5.41, 5.74) is 0.347. The highest BCUT2D eigenvalue weighted by Crippen LogP contribution is 2.14. The smallest absolute Gasteiger partial charge is 0.146 e. The van der Waals surface area contributed by atoms with Gasteiger partial charge in [-0.1, -0.05) is 12.1 Å². The molecular formula is C10H14FNO2. The standard InChI is InChI=1S/C10H14FNO2/c11-9-3-1-2-4-10(9)12-8(7-14)5-6-13/h1-4,8,12-14H,5-7H2. The van der Waals surface area contributed by atoms with Crippen LogP contribution in [0.15, 0.2) is 24.3 Å². The van der Waals surface area contributed by atoms with Crippen molar-refractivity contribution in [1.82, 2.24) is 0 Å². The molecule has 4 heteroatoms. The Balaban J connectivity index is 2.62. The van der Waals surface area contributed by atoms with Crippen LogP contribution in [0.4, 0.5) is 10.1 Å². The molecule has 1 unspecified atom stereocenters. The summed E-state index contributed by atoms with van der Waals surface area (Å²) in [5.74, 6) is -0.358. The molecule has 0 saturated carbocycles. The molecule has 1 aromatic rings. The molecule has 1 rings (SSSR count). The highest BCUT2D eigenvalue weighted by Gasteiger charge is 2.08. The number of hydrogen-bond acceptors (Lipinski definition) is 3. The van der Waals surface area contributed by atoms with Crippen LogP contribution in [-0.4, -0.2) is 29.5 Å². The third kappa shape index (κ3) is 2.97. The molecule has 1 aromatic carbocycles. The highest BCUT2D eigenvalue weighted by molar-refractivity contribution is 5.45. The van der Waals surface area contributed by atoms with Crippen molar-refractivity contribution in [2.75, 3.05) is 18.5 Å². The third-order valence-electron chi connectivity index (χ3n) is 1.93. The number of hydrogen-bond donors (Lipinski definition) is 3. The van der Waals surface area contributed by atoms with Crippen LogP contribution in [0.1, 0.15) is 6.42 Å². The zero-order chi connectivity index (χ0) is 10.4. The zero-order valence-corrected chi connectivity index (χ0v) is 7.78. The quantitative estimate of drug-likeness (QED) is 0.662. The Bertz CT molecular complexity index is 281. The zero-order valence-electron chi connectivity index (χ0n) is 7.78. The van der Waals surface area contributed by atoms with Crippen LogP contribution in [0, 0.1) is 5.82 Å². The summed E-state index contributed by atoms with van der Waals surface area (Å²) in [7, 11) is 0. The first-order chi connectivity index (χ1) is 6.77. The molecule has 0 aliphatic rings. The van der Waals surface area contributed by atoms with E-state index in [1.54, 1.807) is 18.2 Å². The number of halogens is 1. The van der Waals surface area contributed by atoms with Gasteiger partial charge in [-0.05, 0) is 18.6 Å². The highest BCUT2D eigenvalue weighted by atomic mass is 19.1. The molecule has 0 aliphatic carbocycles. The second kappa shape index (κ2) is 5.57. The first kappa shape index (κ1) is 10.9. The van der Waals surface area contributed by atoms with E-state index < -0.39 is 0 Å². The monoisotopic (exact) mass is 199 g/mol. The van der Waals surface area contributed by atoms with Crippen molar-refractivity contribution in [3.63, 3.8) is 0 Å². The van der Waals surface area contributed by atoms with Gasteiger partial charge in [0.15, 0.2) is 0 Å². The SMILES string of the molecule is OCCC(CO)Nc1ccccc1F. The number of anilines is 1. The lowest BCUT2D eigenvalue weighted by Gasteiger charge is -2.16. The Kier molecular flexibility index (Phi) is 4.35. The van der Waals surface area contributed by atoms with E-state index in [9.17, 15) is 4.39 Å². The molecule has 78 valence electrons. The minimum Gasteiger partial charge on any atom is -0.396 e. The third-order valence-corrected chi connectivity index (χ3v) is 1.93. The van der Waals surface area contributed by atoms with Gasteiger partial charge in [0.05, 0.1) is 18.3 Å². The van der Waals surface area contributed by atoms with E-state index in [2.05, 4.69) is 5.32 Å². The molecule has 0 bridgehead atoms. The molecule has 0 saturated heterocycles. The molecule has 14 heavy (non-hydrogen) atoms. The lowest BCUT2D eigenvalue weighted by Crippen LogP contribution is -2.25. The van der Waals surface area contributed by atoms with Crippen LogP contribution in [0.3, 0.4) is 0 Å². The van der Waals surface area contributed by atoms with E-state index in [-0.39, 0.29) is 25.1 Å². The van der Waals surface area contributed by atoms with Gasteiger partial charge in [-0.2, -0.15) is 0 Å². The molecule has 1 atom stereocenters. The van der Waals surface area contributed by atoms with Gasteiger partial charge >= 0.3 is 0 Å². The molecule has 0 aromatic heterocycles. The summed E-state index contributed by atoms with van der Waals surface area (Å²) < 4.78 is 13.1. The molecule has 0 spiro atoms. The predicted molar refractivity (Wildman–Crippen MR) is 52.6 cm³/mol. The van der Waals surface area contributed by atoms with Crippen LogP contribution < -0.4 is 5.32 Å². The van der Waals surface area contributed by atoms with E-state index in [4.69, 9.17) is 10.2 Å². The van der Waals surface area contributed by atoms with Crippen LogP contribution in [-0.2, 0) is 0 Å². The predicted octanol–water partition coefficient (Wildman–Crippen LogP) is 0.981. The topological polar surface area (TPSA) is 52.5 Å². The normalized spacial score (nSPS) is 12.5. The summed E-state index contributed by atoms with van der Waals surface area (Å²) in [6.45, 7) is -0.165. The molecule has 3 nitrogen and oxygen atoms in total. The van der Waals surface area contributed by atoms with Crippen molar-refractivity contribution in [1.29, 1.82) is 0 Å². The van der Waals surface area contributed by atoms with Crippen molar-refractivity contribution in [2.24, 2.45) is 0 Å². The first-order valence-electron chi connectivity index (χ1n) is 4.50. The summed E-state index contributed by atoms with van der Waals surface area (Å²) >= 11 is 0. The van der Waals surface area contributed by atoms with Crippen molar-refractivity contribution in [3.05, 3.63) is 30.1 Å². The maximum Gasteiger partial charge on any atom is 0.146 e. The fourth-order valence-electron chi connectivity index (χ4n) is 1.16. The average Bonchev–Trinajstić information content (AvgIpc) is 2.20. The largest absolute Gasteiger partial charge is 0.396 e. The van der Waals surface area contributed by atoms with E-state index in [0.717, 1.165) is 0 Å². The van der Waals surface area contributed by atoms with Gasteiger partial charge in [-0.15, -0.1) is 0 Å². The van der Waals surface area contributed by atoms with Gasteiger partial charge in [0.2, 0.25) is 0 Å². The Morgan fingerprint density at radius 1 is 1.29 bits per heavy atom. The van der Waals surface area contributed by atoms with Gasteiger partial charge in [-0.25, -0.2) is 4.39 Å². The second-order valence-electron chi connectivity index (χ2n) is 3.02. The molecule has 3 N–H and O–H groups in total. The Labute approximate surface area is 82.2 Å². The van der Waals surface area contributed by atoms with Gasteiger partial charge in [-0.3, -0.25) is 0 Å². The number of benzene rings is 1. The number of aliphatic hydroxyl groups is 2. The minimum atomic E-state index is -0.358. The maximum atomic E-state index is 13.1. The van der Waals surface area contributed by atoms with E-state index >= 15 is 0 Å². The Hall–Kier alpha value is -1.13. The van der Waals surface area contributed by atoms with Crippen molar-refractivity contribution in [2.45, 2.75) is 12.5 Å². The van der Waals surface area contributed by atoms with Gasteiger partial charge in [0.1, 0.15) is 5.82 Å². The van der Waals surface area contributed by atoms with Crippen LogP contribution >= 0.6 is 0 Å². The van der Waals surface area contributed by atoms with Gasteiger partial charge in [0.25, 0.3) is 0 Å². The van der Waals surface area contributed by atoms with Crippen LogP contribution in [0.25, 0.3) is 0 Å². The lowest BCUT2D eigenvalue weighted by atomic mass is 10.2. The molecule has 0 fully saturated rings. The molecule has 0 aliphatic heterocycles. The van der Waals surface area contributed by atoms with Gasteiger partial charge in [0, 0.05) is 6.61 Å². The van der Waals surface area contributed by atoms with E-state index in [1.807, 2.05) is 0 Å². The van der Waals surface area contributed by atoms with Gasteiger partial charge < -0.3 is 15.5 Å². The summed E-state index contributed by atoms with van der Waals surface area (Å²) in [6, 6.07) is 5.93. The molecule has 0 radical (unpaired) electrons. The van der Waals surface area contributed by atoms with Crippen molar-refractivity contribution in [3.8, 4) is 0 Å². The Morgan fingerprint density at radius 3 is 2.57 bits per heavy atom.